The van der Waals surface area contributed by atoms with Crippen molar-refractivity contribution in [1.82, 2.24) is 5.32 Å². The van der Waals surface area contributed by atoms with E-state index < -0.39 is 0 Å². The topological polar surface area (TPSA) is 35.6 Å². The summed E-state index contributed by atoms with van der Waals surface area (Å²) in [6.07, 6.45) is 2.64. The minimum atomic E-state index is 0.182. The maximum atomic E-state index is 12.3. The Labute approximate surface area is 114 Å². The molecule has 102 valence electrons. The summed E-state index contributed by atoms with van der Waals surface area (Å²) < 4.78 is 0. The zero-order valence-corrected chi connectivity index (χ0v) is 11.4. The van der Waals surface area contributed by atoms with Crippen LogP contribution in [0.15, 0.2) is 24.3 Å². The van der Waals surface area contributed by atoms with Crippen LogP contribution >= 0.6 is 0 Å². The van der Waals surface area contributed by atoms with Crippen molar-refractivity contribution in [3.63, 3.8) is 0 Å². The van der Waals surface area contributed by atoms with Crippen molar-refractivity contribution in [1.29, 1.82) is 0 Å². The Morgan fingerprint density at radius 2 is 2.00 bits per heavy atom. The van der Waals surface area contributed by atoms with Crippen molar-refractivity contribution in [3.05, 3.63) is 24.3 Å². The van der Waals surface area contributed by atoms with E-state index in [1.165, 1.54) is 12.8 Å². The molecule has 0 radical (unpaired) electrons. The number of amides is 1. The van der Waals surface area contributed by atoms with Crippen molar-refractivity contribution in [2.45, 2.75) is 12.8 Å². The van der Waals surface area contributed by atoms with Crippen molar-refractivity contribution in [2.75, 3.05) is 43.0 Å². The molecule has 0 bridgehead atoms. The number of carbonyl (C=O) groups excluding carboxylic acids is 1. The van der Waals surface area contributed by atoms with Crippen LogP contribution in [0.2, 0.25) is 0 Å². The van der Waals surface area contributed by atoms with E-state index in [1.54, 1.807) is 0 Å². The number of nitrogens with zero attached hydrogens (tertiary/aromatic N) is 2. The summed E-state index contributed by atoms with van der Waals surface area (Å²) in [5.41, 5.74) is 2.18. The van der Waals surface area contributed by atoms with E-state index in [0.29, 0.717) is 6.54 Å². The van der Waals surface area contributed by atoms with Gasteiger partial charge in [0.15, 0.2) is 0 Å². The molecule has 1 amide bonds. The number of likely N-dealkylation sites (N-methyl/N-ethyl adjacent to an activating group) is 1. The maximum absolute atomic E-state index is 12.3. The van der Waals surface area contributed by atoms with Gasteiger partial charge in [-0.25, -0.2) is 0 Å². The highest BCUT2D eigenvalue weighted by molar-refractivity contribution is 5.98. The molecule has 1 saturated carbocycles. The average Bonchev–Trinajstić information content (AvgIpc) is 3.23. The second-order valence-corrected chi connectivity index (χ2v) is 5.53. The molecule has 0 saturated heterocycles. The Kier molecular flexibility index (Phi) is 3.42. The summed E-state index contributed by atoms with van der Waals surface area (Å²) >= 11 is 0. The van der Waals surface area contributed by atoms with Crippen LogP contribution in [-0.4, -0.2) is 39.1 Å². The van der Waals surface area contributed by atoms with Gasteiger partial charge in [-0.15, -0.1) is 0 Å². The molecule has 0 spiro atoms. The Hall–Kier alpha value is -1.55. The van der Waals surface area contributed by atoms with Gasteiger partial charge < -0.3 is 15.1 Å². The molecule has 1 heterocycles. The highest BCUT2D eigenvalue weighted by Crippen LogP contribution is 2.31. The molecule has 0 aromatic heterocycles. The van der Waals surface area contributed by atoms with Gasteiger partial charge in [-0.3, -0.25) is 4.79 Å². The van der Waals surface area contributed by atoms with Crippen LogP contribution in [0.4, 0.5) is 11.4 Å². The molecule has 1 aromatic rings. The van der Waals surface area contributed by atoms with Crippen molar-refractivity contribution in [3.8, 4) is 0 Å². The van der Waals surface area contributed by atoms with Gasteiger partial charge in [0.2, 0.25) is 5.91 Å². The van der Waals surface area contributed by atoms with Crippen LogP contribution in [0.1, 0.15) is 12.8 Å². The summed E-state index contributed by atoms with van der Waals surface area (Å²) in [4.78, 5) is 16.4. The predicted molar refractivity (Wildman–Crippen MR) is 77.7 cm³/mol. The third kappa shape index (κ3) is 2.73. The smallest absolute Gasteiger partial charge is 0.241 e. The van der Waals surface area contributed by atoms with Gasteiger partial charge in [-0.2, -0.15) is 0 Å². The molecule has 1 fully saturated rings. The van der Waals surface area contributed by atoms with Crippen LogP contribution < -0.4 is 15.1 Å². The molecule has 4 nitrogen and oxygen atoms in total. The Balaban J connectivity index is 1.66. The number of para-hydroxylation sites is 2. The molecular weight excluding hydrogens is 238 g/mol. The van der Waals surface area contributed by atoms with Crippen LogP contribution in [0.25, 0.3) is 0 Å². The fourth-order valence-corrected chi connectivity index (χ4v) is 2.57. The minimum absolute atomic E-state index is 0.182. The zero-order chi connectivity index (χ0) is 13.2. The molecule has 4 heteroatoms. The molecule has 19 heavy (non-hydrogen) atoms. The number of hydrogen-bond acceptors (Lipinski definition) is 3. The summed E-state index contributed by atoms with van der Waals surface area (Å²) in [5.74, 6) is 0.994. The quantitative estimate of drug-likeness (QED) is 0.889. The Morgan fingerprint density at radius 1 is 1.26 bits per heavy atom. The predicted octanol–water partition coefficient (Wildman–Crippen LogP) is 1.47. The van der Waals surface area contributed by atoms with Crippen molar-refractivity contribution in [2.24, 2.45) is 5.92 Å². The lowest BCUT2D eigenvalue weighted by atomic mass is 10.1. The summed E-state index contributed by atoms with van der Waals surface area (Å²) in [6, 6.07) is 8.13. The van der Waals surface area contributed by atoms with E-state index in [1.807, 2.05) is 23.1 Å². The lowest BCUT2D eigenvalue weighted by Crippen LogP contribution is -2.46. The van der Waals surface area contributed by atoms with Gasteiger partial charge in [0, 0.05) is 20.1 Å². The number of carbonyl (C=O) groups is 1. The molecule has 0 atom stereocenters. The van der Waals surface area contributed by atoms with E-state index in [-0.39, 0.29) is 5.91 Å². The first-order chi connectivity index (χ1) is 9.25. The fourth-order valence-electron chi connectivity index (χ4n) is 2.57. The number of rotatable bonds is 4. The van der Waals surface area contributed by atoms with Crippen LogP contribution in [0.3, 0.4) is 0 Å². The first-order valence-electron chi connectivity index (χ1n) is 7.07. The van der Waals surface area contributed by atoms with E-state index in [0.717, 1.165) is 36.9 Å². The number of anilines is 2. The van der Waals surface area contributed by atoms with Gasteiger partial charge in [0.1, 0.15) is 0 Å². The van der Waals surface area contributed by atoms with Gasteiger partial charge in [0.05, 0.1) is 17.9 Å². The monoisotopic (exact) mass is 259 g/mol. The lowest BCUT2D eigenvalue weighted by Gasteiger charge is -2.35. The normalized spacial score (nSPS) is 18.4. The third-order valence-corrected chi connectivity index (χ3v) is 3.95. The van der Waals surface area contributed by atoms with Crippen LogP contribution in [0.5, 0.6) is 0 Å². The highest BCUT2D eigenvalue weighted by atomic mass is 16.2. The molecule has 1 aliphatic heterocycles. The van der Waals surface area contributed by atoms with Gasteiger partial charge in [-0.1, -0.05) is 12.1 Å². The molecule has 1 aliphatic carbocycles. The van der Waals surface area contributed by atoms with Crippen LogP contribution in [-0.2, 0) is 4.79 Å². The summed E-state index contributed by atoms with van der Waals surface area (Å²) in [6.45, 7) is 3.11. The van der Waals surface area contributed by atoms with Gasteiger partial charge >= 0.3 is 0 Å². The largest absolute Gasteiger partial charge is 0.371 e. The molecule has 0 unspecified atom stereocenters. The molecular formula is C15H21N3O. The maximum Gasteiger partial charge on any atom is 0.241 e. The van der Waals surface area contributed by atoms with Crippen LogP contribution in [0, 0.1) is 5.92 Å². The second-order valence-electron chi connectivity index (χ2n) is 5.53. The number of hydrogen-bond donors (Lipinski definition) is 1. The molecule has 3 rings (SSSR count). The SMILES string of the molecule is CN1CCN(C(=O)CNCC2CC2)c2ccccc21. The number of nitrogens with one attached hydrogen (secondary N) is 1. The third-order valence-electron chi connectivity index (χ3n) is 3.95. The molecule has 1 N–H and O–H groups in total. The summed E-state index contributed by atoms with van der Waals surface area (Å²) in [5, 5.41) is 3.28. The zero-order valence-electron chi connectivity index (χ0n) is 11.4. The van der Waals surface area contributed by atoms with E-state index in [4.69, 9.17) is 0 Å². The average molecular weight is 259 g/mol. The first kappa shape index (κ1) is 12.5. The number of fused-ring (bicyclic) bond motifs is 1. The van der Waals surface area contributed by atoms with Crippen molar-refractivity contribution < 1.29 is 4.79 Å². The van der Waals surface area contributed by atoms with Gasteiger partial charge in [0.25, 0.3) is 0 Å². The second kappa shape index (κ2) is 5.21. The Morgan fingerprint density at radius 3 is 2.74 bits per heavy atom. The number of benzene rings is 1. The van der Waals surface area contributed by atoms with Crippen molar-refractivity contribution >= 4 is 17.3 Å². The fraction of sp³-hybridized carbons (Fsp3) is 0.533. The summed E-state index contributed by atoms with van der Waals surface area (Å²) in [7, 11) is 2.08. The Bertz CT molecular complexity index is 470. The lowest BCUT2D eigenvalue weighted by molar-refractivity contribution is -0.117. The first-order valence-corrected chi connectivity index (χ1v) is 7.07. The molecule has 1 aromatic carbocycles. The minimum Gasteiger partial charge on any atom is -0.371 e. The molecule has 2 aliphatic rings. The van der Waals surface area contributed by atoms with E-state index >= 15 is 0 Å². The van der Waals surface area contributed by atoms with Gasteiger partial charge in [-0.05, 0) is 37.4 Å². The van der Waals surface area contributed by atoms with E-state index in [2.05, 4.69) is 23.3 Å². The standard InChI is InChI=1S/C15H21N3O/c1-17-8-9-18(14-5-3-2-4-13(14)17)15(19)11-16-10-12-6-7-12/h2-5,12,16H,6-11H2,1H3. The van der Waals surface area contributed by atoms with E-state index in [9.17, 15) is 4.79 Å². The highest BCUT2D eigenvalue weighted by Gasteiger charge is 2.25.